The van der Waals surface area contributed by atoms with Crippen LogP contribution in [0.5, 0.6) is 5.75 Å². The highest BCUT2D eigenvalue weighted by molar-refractivity contribution is 5.84. The maximum Gasteiger partial charge on any atom is 0.468 e. The van der Waals surface area contributed by atoms with Gasteiger partial charge in [-0.05, 0) is 55.7 Å². The third-order valence-corrected chi connectivity index (χ3v) is 4.39. The molecule has 0 bridgehead atoms. The van der Waals surface area contributed by atoms with Crippen LogP contribution in [0.2, 0.25) is 0 Å². The van der Waals surface area contributed by atoms with Gasteiger partial charge < -0.3 is 14.2 Å². The summed E-state index contributed by atoms with van der Waals surface area (Å²) in [5.74, 6) is -1.12. The minimum atomic E-state index is -4.72. The molecule has 0 saturated heterocycles. The Labute approximate surface area is 185 Å². The lowest BCUT2D eigenvalue weighted by atomic mass is 10.1. The number of carbonyl (C=O) groups is 1. The molecule has 32 heavy (non-hydrogen) atoms. The van der Waals surface area contributed by atoms with Crippen molar-refractivity contribution in [3.8, 4) is 5.75 Å². The lowest BCUT2D eigenvalue weighted by Crippen LogP contribution is -2.25. The van der Waals surface area contributed by atoms with Crippen molar-refractivity contribution in [2.24, 2.45) is 4.99 Å². The molecule has 5 nitrogen and oxygen atoms in total. The summed E-state index contributed by atoms with van der Waals surface area (Å²) in [7, 11) is 1.46. The highest BCUT2D eigenvalue weighted by atomic mass is 19.4. The Morgan fingerprint density at radius 3 is 2.31 bits per heavy atom. The maximum atomic E-state index is 13.2. The Hall–Kier alpha value is -3.29. The molecule has 0 aliphatic heterocycles. The number of alkyl halides is 3. The van der Waals surface area contributed by atoms with Gasteiger partial charge in [0.1, 0.15) is 19.0 Å². The largest absolute Gasteiger partial charge is 0.497 e. The molecule has 0 amide bonds. The van der Waals surface area contributed by atoms with Gasteiger partial charge in [0.15, 0.2) is 0 Å². The van der Waals surface area contributed by atoms with Gasteiger partial charge in [0.2, 0.25) is 0 Å². The van der Waals surface area contributed by atoms with E-state index in [4.69, 9.17) is 14.2 Å². The van der Waals surface area contributed by atoms with Gasteiger partial charge in [0.25, 0.3) is 5.90 Å². The van der Waals surface area contributed by atoms with Crippen molar-refractivity contribution in [1.82, 2.24) is 0 Å². The predicted molar refractivity (Wildman–Crippen MR) is 116 cm³/mol. The second kappa shape index (κ2) is 12.5. The van der Waals surface area contributed by atoms with Gasteiger partial charge >= 0.3 is 12.1 Å². The number of ether oxygens (including phenoxy) is 3. The topological polar surface area (TPSA) is 57.1 Å². The van der Waals surface area contributed by atoms with Crippen molar-refractivity contribution >= 4 is 17.6 Å². The fourth-order valence-electron chi connectivity index (χ4n) is 2.64. The van der Waals surface area contributed by atoms with Crippen LogP contribution in [0.3, 0.4) is 0 Å². The summed E-state index contributed by atoms with van der Waals surface area (Å²) in [5, 5.41) is 0. The Morgan fingerprint density at radius 1 is 1.00 bits per heavy atom. The van der Waals surface area contributed by atoms with E-state index in [1.807, 2.05) is 30.3 Å². The second-order valence-corrected chi connectivity index (χ2v) is 6.97. The van der Waals surface area contributed by atoms with E-state index >= 15 is 0 Å². The molecule has 0 spiro atoms. The van der Waals surface area contributed by atoms with Crippen LogP contribution in [0.4, 0.5) is 18.9 Å². The number of benzene rings is 2. The fourth-order valence-corrected chi connectivity index (χ4v) is 2.64. The molecule has 0 fully saturated rings. The molecule has 2 rings (SSSR count). The molecule has 0 radical (unpaired) electrons. The number of halogens is 3. The number of esters is 1. The summed E-state index contributed by atoms with van der Waals surface area (Å²) in [6, 6.07) is 15.2. The first kappa shape index (κ1) is 25.0. The predicted octanol–water partition coefficient (Wildman–Crippen LogP) is 6.16. The van der Waals surface area contributed by atoms with Gasteiger partial charge in [-0.3, -0.25) is 4.79 Å². The Morgan fingerprint density at radius 2 is 1.69 bits per heavy atom. The lowest BCUT2D eigenvalue weighted by molar-refractivity contribution is -0.145. The molecule has 0 atom stereocenters. The quantitative estimate of drug-likeness (QED) is 0.189. The van der Waals surface area contributed by atoms with E-state index < -0.39 is 12.1 Å². The molecule has 2 aromatic rings. The number of methoxy groups -OCH3 is 1. The van der Waals surface area contributed by atoms with Crippen LogP contribution in [0.25, 0.3) is 0 Å². The highest BCUT2D eigenvalue weighted by Gasteiger charge is 2.38. The van der Waals surface area contributed by atoms with E-state index in [9.17, 15) is 18.0 Å². The number of hydrogen-bond acceptors (Lipinski definition) is 5. The van der Waals surface area contributed by atoms with Gasteiger partial charge in [-0.2, -0.15) is 13.2 Å². The van der Waals surface area contributed by atoms with Crippen LogP contribution in [0.15, 0.2) is 71.2 Å². The van der Waals surface area contributed by atoms with Crippen LogP contribution in [0.1, 0.15) is 31.7 Å². The second-order valence-electron chi connectivity index (χ2n) is 6.97. The third kappa shape index (κ3) is 9.24. The zero-order valence-corrected chi connectivity index (χ0v) is 18.0. The van der Waals surface area contributed by atoms with Crippen molar-refractivity contribution in [3.05, 3.63) is 71.8 Å². The number of allylic oxidation sites excluding steroid dienone is 1. The summed E-state index contributed by atoms with van der Waals surface area (Å²) >= 11 is 0. The summed E-state index contributed by atoms with van der Waals surface area (Å²) in [6.45, 7) is 1.71. The van der Waals surface area contributed by atoms with Crippen LogP contribution < -0.4 is 4.74 Å². The number of hydrogen-bond donors (Lipinski definition) is 0. The minimum Gasteiger partial charge on any atom is -0.497 e. The molecule has 8 heteroatoms. The van der Waals surface area contributed by atoms with Crippen molar-refractivity contribution < 1.29 is 32.2 Å². The molecule has 0 heterocycles. The van der Waals surface area contributed by atoms with Crippen LogP contribution in [-0.4, -0.2) is 31.8 Å². The van der Waals surface area contributed by atoms with E-state index in [1.165, 1.54) is 31.4 Å². The molecular formula is C24H26F3NO4. The van der Waals surface area contributed by atoms with E-state index in [-0.39, 0.29) is 31.3 Å². The standard InChI is InChI=1S/C24H26F3NO4/c1-18(7-6-10-22(29)32-17-19-8-4-3-5-9-19)15-16-31-23(24(25,26)27)28-20-11-13-21(30-2)14-12-20/h3-5,8-9,11-15H,6-7,10,16-17H2,1-2H3/b18-15+,28-23?. The SMILES string of the molecule is COc1ccc(N=C(OC/C=C(\C)CCCC(=O)OCc2ccccc2)C(F)(F)F)cc1. The summed E-state index contributed by atoms with van der Waals surface area (Å²) < 4.78 is 54.7. The van der Waals surface area contributed by atoms with Crippen molar-refractivity contribution in [2.75, 3.05) is 13.7 Å². The number of carbonyl (C=O) groups excluding carboxylic acids is 1. The van der Waals surface area contributed by atoms with E-state index in [0.717, 1.165) is 11.1 Å². The third-order valence-electron chi connectivity index (χ3n) is 4.39. The molecule has 0 aliphatic carbocycles. The molecule has 172 valence electrons. The zero-order valence-electron chi connectivity index (χ0n) is 18.0. The number of nitrogens with zero attached hydrogens (tertiary/aromatic N) is 1. The van der Waals surface area contributed by atoms with Gasteiger partial charge in [-0.1, -0.05) is 35.9 Å². The van der Waals surface area contributed by atoms with Crippen molar-refractivity contribution in [3.63, 3.8) is 0 Å². The van der Waals surface area contributed by atoms with Gasteiger partial charge in [-0.25, -0.2) is 4.99 Å². The fraction of sp³-hybridized carbons (Fsp3) is 0.333. The number of aliphatic imine (C=N–C) groups is 1. The normalized spacial score (nSPS) is 12.4. The molecule has 0 saturated carbocycles. The van der Waals surface area contributed by atoms with E-state index in [2.05, 4.69) is 4.99 Å². The van der Waals surface area contributed by atoms with E-state index in [0.29, 0.717) is 18.6 Å². The Kier molecular flexibility index (Phi) is 9.78. The first-order valence-electron chi connectivity index (χ1n) is 10.1. The Bertz CT molecular complexity index is 907. The molecule has 0 unspecified atom stereocenters. The van der Waals surface area contributed by atoms with E-state index in [1.54, 1.807) is 13.0 Å². The average molecular weight is 449 g/mol. The monoisotopic (exact) mass is 449 g/mol. The molecule has 0 aromatic heterocycles. The first-order chi connectivity index (χ1) is 15.3. The first-order valence-corrected chi connectivity index (χ1v) is 10.1. The summed E-state index contributed by atoms with van der Waals surface area (Å²) in [5.41, 5.74) is 1.82. The van der Waals surface area contributed by atoms with Crippen molar-refractivity contribution in [1.29, 1.82) is 0 Å². The zero-order chi connectivity index (χ0) is 23.4. The van der Waals surface area contributed by atoms with Crippen LogP contribution in [0, 0.1) is 0 Å². The lowest BCUT2D eigenvalue weighted by Gasteiger charge is -2.11. The molecule has 0 N–H and O–H groups in total. The average Bonchev–Trinajstić information content (AvgIpc) is 2.77. The summed E-state index contributed by atoms with van der Waals surface area (Å²) in [6.07, 6.45) is -1.87. The van der Waals surface area contributed by atoms with Crippen LogP contribution >= 0.6 is 0 Å². The smallest absolute Gasteiger partial charge is 0.468 e. The highest BCUT2D eigenvalue weighted by Crippen LogP contribution is 2.24. The summed E-state index contributed by atoms with van der Waals surface area (Å²) in [4.78, 5) is 15.4. The maximum absolute atomic E-state index is 13.2. The van der Waals surface area contributed by atoms with Gasteiger partial charge in [-0.15, -0.1) is 0 Å². The van der Waals surface area contributed by atoms with Crippen molar-refractivity contribution in [2.45, 2.75) is 39.0 Å². The van der Waals surface area contributed by atoms with Gasteiger partial charge in [0, 0.05) is 6.42 Å². The van der Waals surface area contributed by atoms with Crippen LogP contribution in [-0.2, 0) is 20.9 Å². The minimum absolute atomic E-state index is 0.104. The molecular weight excluding hydrogens is 423 g/mol. The molecule has 0 aliphatic rings. The number of rotatable bonds is 10. The Balaban J connectivity index is 1.78. The van der Waals surface area contributed by atoms with Gasteiger partial charge in [0.05, 0.1) is 12.8 Å². The molecule has 2 aromatic carbocycles.